The van der Waals surface area contributed by atoms with Crippen LogP contribution in [0.5, 0.6) is 11.5 Å². The van der Waals surface area contributed by atoms with Crippen molar-refractivity contribution in [1.82, 2.24) is 10.7 Å². The second kappa shape index (κ2) is 10.0. The molecule has 27 heavy (non-hydrogen) atoms. The van der Waals surface area contributed by atoms with Crippen molar-refractivity contribution in [3.63, 3.8) is 0 Å². The number of ether oxygens (including phenoxy) is 2. The van der Waals surface area contributed by atoms with Crippen LogP contribution >= 0.6 is 0 Å². The van der Waals surface area contributed by atoms with E-state index in [1.807, 2.05) is 13.8 Å². The molecule has 0 radical (unpaired) electrons. The van der Waals surface area contributed by atoms with Crippen molar-refractivity contribution >= 4 is 17.5 Å². The fourth-order valence-electron chi connectivity index (χ4n) is 2.24. The van der Waals surface area contributed by atoms with Gasteiger partial charge in [-0.05, 0) is 51.1 Å². The number of carbonyl (C=O) groups excluding carboxylic acids is 2. The van der Waals surface area contributed by atoms with Gasteiger partial charge in [0.25, 0.3) is 0 Å². The number of amides is 2. The van der Waals surface area contributed by atoms with E-state index in [0.717, 1.165) is 0 Å². The standard InChI is InChI=1S/C19H23N3O5/c1-4-25-14-8-9-17(26-5-2)16(11-14)13(3)21-22-19(24)18(23)20-12-15-7-6-10-27-15/h6-11H,4-5,12H2,1-3H3,(H,20,23)(H,22,24)/b21-13-. The Hall–Kier alpha value is -3.29. The molecule has 0 unspecified atom stereocenters. The summed E-state index contributed by atoms with van der Waals surface area (Å²) in [4.78, 5) is 23.7. The molecule has 1 heterocycles. The van der Waals surface area contributed by atoms with Gasteiger partial charge >= 0.3 is 11.8 Å². The first-order valence-electron chi connectivity index (χ1n) is 8.60. The van der Waals surface area contributed by atoms with Crippen molar-refractivity contribution in [2.45, 2.75) is 27.3 Å². The summed E-state index contributed by atoms with van der Waals surface area (Å²) in [6.45, 7) is 6.59. The molecule has 2 rings (SSSR count). The Morgan fingerprint density at radius 2 is 1.89 bits per heavy atom. The molecule has 8 nitrogen and oxygen atoms in total. The molecule has 0 spiro atoms. The van der Waals surface area contributed by atoms with Crippen LogP contribution < -0.4 is 20.2 Å². The summed E-state index contributed by atoms with van der Waals surface area (Å²) in [5, 5.41) is 6.45. The number of hydrogen-bond donors (Lipinski definition) is 2. The van der Waals surface area contributed by atoms with Crippen molar-refractivity contribution in [3.8, 4) is 11.5 Å². The van der Waals surface area contributed by atoms with Gasteiger partial charge < -0.3 is 19.2 Å². The van der Waals surface area contributed by atoms with Gasteiger partial charge in [0.15, 0.2) is 0 Å². The van der Waals surface area contributed by atoms with Crippen LogP contribution in [0.1, 0.15) is 32.1 Å². The summed E-state index contributed by atoms with van der Waals surface area (Å²) < 4.78 is 16.2. The minimum atomic E-state index is -0.875. The summed E-state index contributed by atoms with van der Waals surface area (Å²) in [6, 6.07) is 8.74. The lowest BCUT2D eigenvalue weighted by molar-refractivity contribution is -0.139. The Kier molecular flexibility index (Phi) is 7.42. The van der Waals surface area contributed by atoms with E-state index in [1.54, 1.807) is 37.3 Å². The second-order valence-electron chi connectivity index (χ2n) is 5.42. The highest BCUT2D eigenvalue weighted by molar-refractivity contribution is 6.35. The quantitative estimate of drug-likeness (QED) is 0.420. The normalized spacial score (nSPS) is 11.0. The Morgan fingerprint density at radius 1 is 1.11 bits per heavy atom. The predicted octanol–water partition coefficient (Wildman–Crippen LogP) is 2.23. The minimum absolute atomic E-state index is 0.118. The lowest BCUT2D eigenvalue weighted by Crippen LogP contribution is -2.37. The molecule has 0 aliphatic carbocycles. The first-order chi connectivity index (χ1) is 13.0. The van der Waals surface area contributed by atoms with Crippen molar-refractivity contribution in [2.75, 3.05) is 13.2 Å². The molecular formula is C19H23N3O5. The molecule has 8 heteroatoms. The predicted molar refractivity (Wildman–Crippen MR) is 99.7 cm³/mol. The average molecular weight is 373 g/mol. The van der Waals surface area contributed by atoms with Crippen LogP contribution in [0.3, 0.4) is 0 Å². The van der Waals surface area contributed by atoms with Gasteiger partial charge in [0.05, 0.1) is 31.7 Å². The van der Waals surface area contributed by atoms with Crippen molar-refractivity contribution in [3.05, 3.63) is 47.9 Å². The van der Waals surface area contributed by atoms with Crippen LogP contribution in [-0.4, -0.2) is 30.7 Å². The average Bonchev–Trinajstić information content (AvgIpc) is 3.19. The van der Waals surface area contributed by atoms with Gasteiger partial charge in [-0.3, -0.25) is 9.59 Å². The van der Waals surface area contributed by atoms with Gasteiger partial charge in [-0.15, -0.1) is 0 Å². The molecule has 0 saturated heterocycles. The lowest BCUT2D eigenvalue weighted by atomic mass is 10.1. The highest BCUT2D eigenvalue weighted by Crippen LogP contribution is 2.25. The molecule has 2 amide bonds. The number of rotatable bonds is 8. The van der Waals surface area contributed by atoms with Crippen LogP contribution in [-0.2, 0) is 16.1 Å². The van der Waals surface area contributed by atoms with Crippen molar-refractivity contribution in [2.24, 2.45) is 5.10 Å². The maximum absolute atomic E-state index is 11.9. The molecule has 0 saturated carbocycles. The van der Waals surface area contributed by atoms with E-state index in [9.17, 15) is 9.59 Å². The molecule has 0 fully saturated rings. The van der Waals surface area contributed by atoms with Gasteiger partial charge in [-0.2, -0.15) is 5.10 Å². The van der Waals surface area contributed by atoms with E-state index < -0.39 is 11.8 Å². The zero-order chi connectivity index (χ0) is 19.6. The molecule has 0 atom stereocenters. The molecule has 0 bridgehead atoms. The third-order valence-electron chi connectivity index (χ3n) is 3.49. The monoisotopic (exact) mass is 373 g/mol. The fraction of sp³-hybridized carbons (Fsp3) is 0.316. The number of carbonyl (C=O) groups is 2. The maximum atomic E-state index is 11.9. The smallest absolute Gasteiger partial charge is 0.329 e. The van der Waals surface area contributed by atoms with Crippen LogP contribution in [0.15, 0.2) is 46.1 Å². The number of furan rings is 1. The molecule has 1 aromatic carbocycles. The van der Waals surface area contributed by atoms with E-state index in [1.165, 1.54) is 6.26 Å². The zero-order valence-electron chi connectivity index (χ0n) is 15.6. The molecular weight excluding hydrogens is 350 g/mol. The van der Waals surface area contributed by atoms with E-state index >= 15 is 0 Å². The molecule has 2 aromatic rings. The number of nitrogens with zero attached hydrogens (tertiary/aromatic N) is 1. The summed E-state index contributed by atoms with van der Waals surface area (Å²) >= 11 is 0. The first-order valence-corrected chi connectivity index (χ1v) is 8.60. The fourth-order valence-corrected chi connectivity index (χ4v) is 2.24. The lowest BCUT2D eigenvalue weighted by Gasteiger charge is -2.12. The number of benzene rings is 1. The summed E-state index contributed by atoms with van der Waals surface area (Å²) in [7, 11) is 0. The Morgan fingerprint density at radius 3 is 2.56 bits per heavy atom. The van der Waals surface area contributed by atoms with E-state index in [0.29, 0.717) is 41.7 Å². The van der Waals surface area contributed by atoms with Crippen LogP contribution in [0.25, 0.3) is 0 Å². The topological polar surface area (TPSA) is 102 Å². The van der Waals surface area contributed by atoms with E-state index in [-0.39, 0.29) is 6.54 Å². The second-order valence-corrected chi connectivity index (χ2v) is 5.42. The summed E-state index contributed by atoms with van der Waals surface area (Å²) in [5.41, 5.74) is 3.39. The van der Waals surface area contributed by atoms with Crippen molar-refractivity contribution in [1.29, 1.82) is 0 Å². The SMILES string of the molecule is CCOc1ccc(OCC)c(/C(C)=N\NC(=O)C(=O)NCc2ccco2)c1. The van der Waals surface area contributed by atoms with E-state index in [2.05, 4.69) is 15.8 Å². The first kappa shape index (κ1) is 20.0. The Labute approximate surface area is 157 Å². The molecule has 1 aromatic heterocycles. The van der Waals surface area contributed by atoms with E-state index in [4.69, 9.17) is 13.9 Å². The number of hydrogen-bond acceptors (Lipinski definition) is 6. The van der Waals surface area contributed by atoms with Crippen molar-refractivity contribution < 1.29 is 23.5 Å². The third kappa shape index (κ3) is 5.88. The van der Waals surface area contributed by atoms with Gasteiger partial charge in [0.1, 0.15) is 17.3 Å². The van der Waals surface area contributed by atoms with Gasteiger partial charge in [-0.1, -0.05) is 0 Å². The molecule has 0 aliphatic heterocycles. The summed E-state index contributed by atoms with van der Waals surface area (Å²) in [6.07, 6.45) is 1.49. The molecule has 144 valence electrons. The largest absolute Gasteiger partial charge is 0.494 e. The zero-order valence-corrected chi connectivity index (χ0v) is 15.6. The van der Waals surface area contributed by atoms with Crippen LogP contribution in [0.2, 0.25) is 0 Å². The highest BCUT2D eigenvalue weighted by atomic mass is 16.5. The van der Waals surface area contributed by atoms with Crippen LogP contribution in [0.4, 0.5) is 0 Å². The highest BCUT2D eigenvalue weighted by Gasteiger charge is 2.14. The Bertz CT molecular complexity index is 800. The maximum Gasteiger partial charge on any atom is 0.329 e. The molecule has 2 N–H and O–H groups in total. The van der Waals surface area contributed by atoms with Gasteiger partial charge in [-0.25, -0.2) is 5.43 Å². The van der Waals surface area contributed by atoms with Crippen LogP contribution in [0, 0.1) is 0 Å². The minimum Gasteiger partial charge on any atom is -0.494 e. The number of nitrogens with one attached hydrogen (secondary N) is 2. The third-order valence-corrected chi connectivity index (χ3v) is 3.49. The van der Waals surface area contributed by atoms with Gasteiger partial charge in [0, 0.05) is 5.56 Å². The number of hydrazone groups is 1. The van der Waals surface area contributed by atoms with Gasteiger partial charge in [0.2, 0.25) is 0 Å². The summed E-state index contributed by atoms with van der Waals surface area (Å²) in [5.74, 6) is 0.132. The molecule has 0 aliphatic rings. The Balaban J connectivity index is 2.03.